The van der Waals surface area contributed by atoms with Crippen molar-refractivity contribution in [2.75, 3.05) is 18.0 Å². The molecule has 0 radical (unpaired) electrons. The monoisotopic (exact) mass is 315 g/mol. The molecule has 0 bridgehead atoms. The quantitative estimate of drug-likeness (QED) is 0.890. The van der Waals surface area contributed by atoms with Crippen molar-refractivity contribution in [3.05, 3.63) is 59.5 Å². The van der Waals surface area contributed by atoms with E-state index >= 15 is 0 Å². The van der Waals surface area contributed by atoms with E-state index in [0.29, 0.717) is 18.2 Å². The Labute approximate surface area is 136 Å². The van der Waals surface area contributed by atoms with Crippen LogP contribution in [0.15, 0.2) is 42.6 Å². The number of hydrogen-bond acceptors (Lipinski definition) is 4. The van der Waals surface area contributed by atoms with Gasteiger partial charge in [0, 0.05) is 37.4 Å². The van der Waals surface area contributed by atoms with E-state index in [2.05, 4.69) is 15.2 Å². The number of aliphatic hydroxyl groups excluding tert-OH is 1. The van der Waals surface area contributed by atoms with Crippen LogP contribution in [0, 0.1) is 5.82 Å². The molecule has 5 heteroatoms. The van der Waals surface area contributed by atoms with Gasteiger partial charge in [-0.15, -0.1) is 0 Å². The molecule has 2 aromatic rings. The van der Waals surface area contributed by atoms with E-state index in [1.54, 1.807) is 12.1 Å². The van der Waals surface area contributed by atoms with Crippen LogP contribution in [0.2, 0.25) is 0 Å². The summed E-state index contributed by atoms with van der Waals surface area (Å²) in [6.07, 6.45) is 3.95. The van der Waals surface area contributed by atoms with Crippen LogP contribution in [0.4, 0.5) is 10.2 Å². The molecule has 0 saturated carbocycles. The van der Waals surface area contributed by atoms with Crippen LogP contribution >= 0.6 is 0 Å². The van der Waals surface area contributed by atoms with Gasteiger partial charge in [0.15, 0.2) is 0 Å². The summed E-state index contributed by atoms with van der Waals surface area (Å²) in [6.45, 7) is 2.41. The largest absolute Gasteiger partial charge is 0.392 e. The molecular formula is C18H22FN3O. The number of benzene rings is 1. The van der Waals surface area contributed by atoms with Crippen LogP contribution in [0.1, 0.15) is 24.0 Å². The highest BCUT2D eigenvalue weighted by Gasteiger charge is 2.19. The Balaban J connectivity index is 1.49. The van der Waals surface area contributed by atoms with Crippen LogP contribution in [-0.2, 0) is 13.2 Å². The second kappa shape index (κ2) is 7.53. The molecule has 1 aromatic carbocycles. The molecule has 1 saturated heterocycles. The number of aliphatic hydroxyl groups is 1. The van der Waals surface area contributed by atoms with E-state index in [4.69, 9.17) is 5.11 Å². The van der Waals surface area contributed by atoms with Gasteiger partial charge in [0.05, 0.1) is 6.61 Å². The van der Waals surface area contributed by atoms with Gasteiger partial charge in [0.1, 0.15) is 11.6 Å². The molecule has 0 atom stereocenters. The zero-order valence-corrected chi connectivity index (χ0v) is 13.1. The third kappa shape index (κ3) is 4.06. The molecule has 1 aromatic heterocycles. The fourth-order valence-electron chi connectivity index (χ4n) is 2.97. The highest BCUT2D eigenvalue weighted by molar-refractivity contribution is 5.38. The van der Waals surface area contributed by atoms with Crippen molar-refractivity contribution in [1.82, 2.24) is 10.3 Å². The molecule has 0 amide bonds. The minimum atomic E-state index is -0.347. The average Bonchev–Trinajstić information content (AvgIpc) is 2.62. The summed E-state index contributed by atoms with van der Waals surface area (Å²) in [4.78, 5) is 6.70. The van der Waals surface area contributed by atoms with Gasteiger partial charge in [-0.1, -0.05) is 12.1 Å². The predicted molar refractivity (Wildman–Crippen MR) is 88.6 cm³/mol. The molecular weight excluding hydrogens is 293 g/mol. The Kier molecular flexibility index (Phi) is 5.20. The fraction of sp³-hybridized carbons (Fsp3) is 0.389. The lowest BCUT2D eigenvalue weighted by Gasteiger charge is -2.33. The fourth-order valence-corrected chi connectivity index (χ4v) is 2.97. The predicted octanol–water partition coefficient (Wildman–Crippen LogP) is 2.47. The number of aromatic nitrogens is 1. The van der Waals surface area contributed by atoms with Crippen LogP contribution in [0.25, 0.3) is 0 Å². The van der Waals surface area contributed by atoms with Crippen LogP contribution in [-0.4, -0.2) is 29.2 Å². The summed E-state index contributed by atoms with van der Waals surface area (Å²) in [5.74, 6) is 0.692. The van der Waals surface area contributed by atoms with Crippen LogP contribution in [0.5, 0.6) is 0 Å². The summed E-state index contributed by atoms with van der Waals surface area (Å²) >= 11 is 0. The molecule has 0 spiro atoms. The van der Waals surface area contributed by atoms with Crippen molar-refractivity contribution >= 4 is 5.82 Å². The number of nitrogens with zero attached hydrogens (tertiary/aromatic N) is 2. The average molecular weight is 315 g/mol. The molecule has 122 valence electrons. The summed E-state index contributed by atoms with van der Waals surface area (Å²) in [5, 5.41) is 12.7. The minimum absolute atomic E-state index is 0.262. The standard InChI is InChI=1S/C18H22FN3O/c19-17-5-4-14(11-15(17)13-23)12-21-16-6-9-22(10-7-16)18-3-1-2-8-20-18/h1-5,8,11,16,21,23H,6-7,9-10,12-13H2. The van der Waals surface area contributed by atoms with Gasteiger partial charge in [-0.05, 0) is 42.7 Å². The molecule has 1 fully saturated rings. The number of halogens is 1. The summed E-state index contributed by atoms with van der Waals surface area (Å²) in [7, 11) is 0. The first kappa shape index (κ1) is 15.9. The second-order valence-corrected chi connectivity index (χ2v) is 5.91. The summed E-state index contributed by atoms with van der Waals surface area (Å²) < 4.78 is 13.4. The normalized spacial score (nSPS) is 15.8. The number of hydrogen-bond donors (Lipinski definition) is 2. The lowest BCUT2D eigenvalue weighted by atomic mass is 10.0. The maximum atomic E-state index is 13.4. The first-order valence-corrected chi connectivity index (χ1v) is 8.04. The highest BCUT2D eigenvalue weighted by atomic mass is 19.1. The topological polar surface area (TPSA) is 48.4 Å². The van der Waals surface area contributed by atoms with Crippen molar-refractivity contribution in [3.8, 4) is 0 Å². The van der Waals surface area contributed by atoms with Crippen molar-refractivity contribution in [3.63, 3.8) is 0 Å². The van der Waals surface area contributed by atoms with E-state index in [-0.39, 0.29) is 12.4 Å². The van der Waals surface area contributed by atoms with Gasteiger partial charge < -0.3 is 15.3 Å². The summed E-state index contributed by atoms with van der Waals surface area (Å²) in [5.41, 5.74) is 1.36. The molecule has 2 heterocycles. The molecule has 1 aliphatic rings. The Morgan fingerprint density at radius 1 is 1.22 bits per heavy atom. The number of piperidine rings is 1. The smallest absolute Gasteiger partial charge is 0.128 e. The molecule has 2 N–H and O–H groups in total. The molecule has 23 heavy (non-hydrogen) atoms. The van der Waals surface area contributed by atoms with Gasteiger partial charge in [-0.3, -0.25) is 0 Å². The second-order valence-electron chi connectivity index (χ2n) is 5.91. The Hall–Kier alpha value is -1.98. The molecule has 0 unspecified atom stereocenters. The van der Waals surface area contributed by atoms with Crippen molar-refractivity contribution in [2.45, 2.75) is 32.0 Å². The lowest BCUT2D eigenvalue weighted by molar-refractivity contribution is 0.275. The lowest BCUT2D eigenvalue weighted by Crippen LogP contribution is -2.42. The highest BCUT2D eigenvalue weighted by Crippen LogP contribution is 2.18. The molecule has 1 aliphatic heterocycles. The van der Waals surface area contributed by atoms with Crippen LogP contribution in [0.3, 0.4) is 0 Å². The maximum Gasteiger partial charge on any atom is 0.128 e. The molecule has 0 aliphatic carbocycles. The molecule has 3 rings (SSSR count). The Bertz CT molecular complexity index is 627. The van der Waals surface area contributed by atoms with Gasteiger partial charge in [0.2, 0.25) is 0 Å². The van der Waals surface area contributed by atoms with Gasteiger partial charge in [-0.2, -0.15) is 0 Å². The van der Waals surface area contributed by atoms with E-state index in [0.717, 1.165) is 37.3 Å². The van der Waals surface area contributed by atoms with Crippen molar-refractivity contribution < 1.29 is 9.50 Å². The van der Waals surface area contributed by atoms with Crippen molar-refractivity contribution in [1.29, 1.82) is 0 Å². The zero-order valence-electron chi connectivity index (χ0n) is 13.1. The SMILES string of the molecule is OCc1cc(CNC2CCN(c3ccccn3)CC2)ccc1F. The van der Waals surface area contributed by atoms with E-state index in [1.165, 1.54) is 6.07 Å². The third-order valence-corrected chi connectivity index (χ3v) is 4.34. The Morgan fingerprint density at radius 3 is 2.74 bits per heavy atom. The van der Waals surface area contributed by atoms with Crippen LogP contribution < -0.4 is 10.2 Å². The number of pyridine rings is 1. The first-order chi connectivity index (χ1) is 11.3. The van der Waals surface area contributed by atoms with E-state index in [1.807, 2.05) is 24.4 Å². The first-order valence-electron chi connectivity index (χ1n) is 8.04. The third-order valence-electron chi connectivity index (χ3n) is 4.34. The zero-order chi connectivity index (χ0) is 16.1. The summed E-state index contributed by atoms with van der Waals surface area (Å²) in [6, 6.07) is 11.4. The van der Waals surface area contributed by atoms with E-state index in [9.17, 15) is 4.39 Å². The number of anilines is 1. The number of nitrogens with one attached hydrogen (secondary N) is 1. The van der Waals surface area contributed by atoms with Gasteiger partial charge in [0.25, 0.3) is 0 Å². The van der Waals surface area contributed by atoms with Gasteiger partial charge >= 0.3 is 0 Å². The number of rotatable bonds is 5. The van der Waals surface area contributed by atoms with Crippen molar-refractivity contribution in [2.24, 2.45) is 0 Å². The van der Waals surface area contributed by atoms with Gasteiger partial charge in [-0.25, -0.2) is 9.37 Å². The Morgan fingerprint density at radius 2 is 2.04 bits per heavy atom. The maximum absolute atomic E-state index is 13.4. The minimum Gasteiger partial charge on any atom is -0.392 e. The molecule has 4 nitrogen and oxygen atoms in total. The van der Waals surface area contributed by atoms with E-state index < -0.39 is 0 Å².